The Bertz CT molecular complexity index is 558. The lowest BCUT2D eigenvalue weighted by molar-refractivity contribution is 0.0376. The van der Waals surface area contributed by atoms with E-state index in [1.807, 2.05) is 25.1 Å². The molecule has 1 aliphatic rings. The van der Waals surface area contributed by atoms with E-state index in [1.165, 1.54) is 6.07 Å². The topological polar surface area (TPSA) is 66.1 Å². The third-order valence-corrected chi connectivity index (χ3v) is 4.09. The monoisotopic (exact) mass is 351 g/mol. The number of rotatable bonds is 8. The highest BCUT2D eigenvalue weighted by molar-refractivity contribution is 5.77. The van der Waals surface area contributed by atoms with Gasteiger partial charge in [0.15, 0.2) is 5.96 Å². The molecule has 1 heterocycles. The van der Waals surface area contributed by atoms with Crippen molar-refractivity contribution >= 4 is 5.96 Å². The number of benzene rings is 1. The van der Waals surface area contributed by atoms with Crippen LogP contribution in [0.15, 0.2) is 23.2 Å². The number of nitrogens with one attached hydrogen (secondary N) is 1. The van der Waals surface area contributed by atoms with E-state index in [-0.39, 0.29) is 5.82 Å². The molecule has 2 rings (SSSR count). The van der Waals surface area contributed by atoms with Crippen molar-refractivity contribution in [2.75, 3.05) is 53.5 Å². The number of nitrogens with two attached hydrogens (primary N) is 1. The molecule has 0 radical (unpaired) electrons. The van der Waals surface area contributed by atoms with Gasteiger partial charge in [-0.2, -0.15) is 0 Å². The van der Waals surface area contributed by atoms with Crippen LogP contribution < -0.4 is 11.1 Å². The SMILES string of the molecule is CN(C)Cc1cc(CN=C(N)NCCCN2CCOCC2)ccc1F. The molecule has 0 amide bonds. The second-order valence-corrected chi connectivity index (χ2v) is 6.60. The van der Waals surface area contributed by atoms with Crippen LogP contribution in [0.4, 0.5) is 4.39 Å². The predicted octanol–water partition coefficient (Wildman–Crippen LogP) is 1.01. The molecule has 1 aromatic rings. The fraction of sp³-hybridized carbons (Fsp3) is 0.611. The van der Waals surface area contributed by atoms with Crippen LogP contribution in [0.1, 0.15) is 17.5 Å². The average molecular weight is 351 g/mol. The minimum atomic E-state index is -0.185. The quantitative estimate of drug-likeness (QED) is 0.416. The smallest absolute Gasteiger partial charge is 0.188 e. The fourth-order valence-electron chi connectivity index (χ4n) is 2.76. The zero-order valence-electron chi connectivity index (χ0n) is 15.3. The van der Waals surface area contributed by atoms with Gasteiger partial charge in [0, 0.05) is 31.7 Å². The summed E-state index contributed by atoms with van der Waals surface area (Å²) in [6.45, 7) is 6.50. The molecule has 1 aliphatic heterocycles. The summed E-state index contributed by atoms with van der Waals surface area (Å²) in [5.74, 6) is 0.246. The maximum atomic E-state index is 13.8. The van der Waals surface area contributed by atoms with Gasteiger partial charge in [0.05, 0.1) is 19.8 Å². The average Bonchev–Trinajstić information content (AvgIpc) is 2.60. The van der Waals surface area contributed by atoms with E-state index in [2.05, 4.69) is 15.2 Å². The van der Waals surface area contributed by atoms with Gasteiger partial charge in [-0.3, -0.25) is 4.90 Å². The van der Waals surface area contributed by atoms with E-state index in [1.54, 1.807) is 6.07 Å². The van der Waals surface area contributed by atoms with Crippen molar-refractivity contribution in [2.45, 2.75) is 19.5 Å². The Morgan fingerprint density at radius 3 is 2.84 bits per heavy atom. The first-order chi connectivity index (χ1) is 12.0. The Morgan fingerprint density at radius 1 is 1.36 bits per heavy atom. The largest absolute Gasteiger partial charge is 0.379 e. The van der Waals surface area contributed by atoms with E-state index in [9.17, 15) is 4.39 Å². The van der Waals surface area contributed by atoms with Crippen LogP contribution in [-0.2, 0) is 17.8 Å². The molecule has 6 nitrogen and oxygen atoms in total. The van der Waals surface area contributed by atoms with Gasteiger partial charge in [0.2, 0.25) is 0 Å². The highest BCUT2D eigenvalue weighted by Gasteiger charge is 2.09. The number of nitrogens with zero attached hydrogens (tertiary/aromatic N) is 3. The highest BCUT2D eigenvalue weighted by Crippen LogP contribution is 2.13. The Balaban J connectivity index is 1.72. The minimum Gasteiger partial charge on any atom is -0.379 e. The Kier molecular flexibility index (Phi) is 8.11. The number of aliphatic imine (C=N–C) groups is 1. The molecular weight excluding hydrogens is 321 g/mol. The summed E-state index contributed by atoms with van der Waals surface area (Å²) in [5.41, 5.74) is 7.54. The van der Waals surface area contributed by atoms with Crippen molar-refractivity contribution in [3.63, 3.8) is 0 Å². The van der Waals surface area contributed by atoms with E-state index < -0.39 is 0 Å². The molecule has 0 aliphatic carbocycles. The van der Waals surface area contributed by atoms with Gasteiger partial charge in [-0.15, -0.1) is 0 Å². The van der Waals surface area contributed by atoms with Gasteiger partial charge in [-0.1, -0.05) is 6.07 Å². The summed E-state index contributed by atoms with van der Waals surface area (Å²) in [4.78, 5) is 8.67. The zero-order chi connectivity index (χ0) is 18.1. The number of hydrogen-bond donors (Lipinski definition) is 2. The van der Waals surface area contributed by atoms with Crippen molar-refractivity contribution in [3.05, 3.63) is 35.1 Å². The molecular formula is C18H30FN5O. The van der Waals surface area contributed by atoms with E-state index in [0.29, 0.717) is 24.6 Å². The molecule has 25 heavy (non-hydrogen) atoms. The lowest BCUT2D eigenvalue weighted by atomic mass is 10.1. The molecule has 0 aromatic heterocycles. The maximum absolute atomic E-state index is 13.8. The first-order valence-corrected chi connectivity index (χ1v) is 8.80. The number of morpholine rings is 1. The van der Waals surface area contributed by atoms with Crippen molar-refractivity contribution in [2.24, 2.45) is 10.7 Å². The van der Waals surface area contributed by atoms with Crippen LogP contribution in [0.2, 0.25) is 0 Å². The summed E-state index contributed by atoms with van der Waals surface area (Å²) in [5, 5.41) is 3.14. The van der Waals surface area contributed by atoms with Gasteiger partial charge < -0.3 is 20.7 Å². The lowest BCUT2D eigenvalue weighted by Gasteiger charge is -2.26. The maximum Gasteiger partial charge on any atom is 0.188 e. The summed E-state index contributed by atoms with van der Waals surface area (Å²) in [6.07, 6.45) is 1.01. The van der Waals surface area contributed by atoms with Crippen LogP contribution in [0, 0.1) is 5.82 Å². The molecule has 0 unspecified atom stereocenters. The van der Waals surface area contributed by atoms with Gasteiger partial charge in [0.1, 0.15) is 5.82 Å². The minimum absolute atomic E-state index is 0.185. The third-order valence-electron chi connectivity index (χ3n) is 4.09. The number of guanidine groups is 1. The molecule has 1 aromatic carbocycles. The molecule has 1 saturated heterocycles. The fourth-order valence-corrected chi connectivity index (χ4v) is 2.76. The van der Waals surface area contributed by atoms with Crippen LogP contribution in [0.3, 0.4) is 0 Å². The van der Waals surface area contributed by atoms with Crippen LogP contribution in [0.5, 0.6) is 0 Å². The second-order valence-electron chi connectivity index (χ2n) is 6.60. The second kappa shape index (κ2) is 10.3. The van der Waals surface area contributed by atoms with E-state index in [4.69, 9.17) is 10.5 Å². The molecule has 0 bridgehead atoms. The summed E-state index contributed by atoms with van der Waals surface area (Å²) in [6, 6.07) is 5.10. The van der Waals surface area contributed by atoms with Gasteiger partial charge in [-0.05, 0) is 44.8 Å². The van der Waals surface area contributed by atoms with Crippen molar-refractivity contribution in [3.8, 4) is 0 Å². The molecule has 0 saturated carbocycles. The normalized spacial score (nSPS) is 16.4. The summed E-state index contributed by atoms with van der Waals surface area (Å²) >= 11 is 0. The Morgan fingerprint density at radius 2 is 2.12 bits per heavy atom. The molecule has 0 spiro atoms. The number of hydrogen-bond acceptors (Lipinski definition) is 4. The van der Waals surface area contributed by atoms with Crippen molar-refractivity contribution in [1.82, 2.24) is 15.1 Å². The Labute approximate surface area is 149 Å². The molecule has 0 atom stereocenters. The van der Waals surface area contributed by atoms with E-state index in [0.717, 1.165) is 51.4 Å². The molecule has 1 fully saturated rings. The van der Waals surface area contributed by atoms with E-state index >= 15 is 0 Å². The van der Waals surface area contributed by atoms with Gasteiger partial charge in [-0.25, -0.2) is 9.38 Å². The third kappa shape index (κ3) is 7.37. The van der Waals surface area contributed by atoms with Gasteiger partial charge >= 0.3 is 0 Å². The summed E-state index contributed by atoms with van der Waals surface area (Å²) in [7, 11) is 3.84. The zero-order valence-corrected chi connectivity index (χ0v) is 15.3. The van der Waals surface area contributed by atoms with Crippen LogP contribution in [-0.4, -0.2) is 69.2 Å². The molecule has 7 heteroatoms. The molecule has 140 valence electrons. The van der Waals surface area contributed by atoms with Gasteiger partial charge in [0.25, 0.3) is 0 Å². The van der Waals surface area contributed by atoms with Crippen molar-refractivity contribution < 1.29 is 9.13 Å². The van der Waals surface area contributed by atoms with Crippen LogP contribution >= 0.6 is 0 Å². The molecule has 3 N–H and O–H groups in total. The first-order valence-electron chi connectivity index (χ1n) is 8.80. The predicted molar refractivity (Wildman–Crippen MR) is 99.0 cm³/mol. The van der Waals surface area contributed by atoms with Crippen LogP contribution in [0.25, 0.3) is 0 Å². The standard InChI is InChI=1S/C18H30FN5O/c1-23(2)14-16-12-15(4-5-17(16)19)13-22-18(20)21-6-3-7-24-8-10-25-11-9-24/h4-5,12H,3,6-11,13-14H2,1-2H3,(H3,20,21,22). The number of ether oxygens (including phenoxy) is 1. The highest BCUT2D eigenvalue weighted by atomic mass is 19.1. The lowest BCUT2D eigenvalue weighted by Crippen LogP contribution is -2.39. The first kappa shape index (κ1) is 19.6. The summed E-state index contributed by atoms with van der Waals surface area (Å²) < 4.78 is 19.1. The Hall–Kier alpha value is -1.70. The number of halogens is 1. The van der Waals surface area contributed by atoms with Crippen molar-refractivity contribution in [1.29, 1.82) is 0 Å².